The number of para-hydroxylation sites is 1. The van der Waals surface area contributed by atoms with Crippen LogP contribution < -0.4 is 5.32 Å². The van der Waals surface area contributed by atoms with E-state index >= 15 is 0 Å². The van der Waals surface area contributed by atoms with E-state index in [0.717, 1.165) is 0 Å². The van der Waals surface area contributed by atoms with Gasteiger partial charge < -0.3 is 10.4 Å². The molecule has 1 aliphatic rings. The molecule has 6 heteroatoms. The van der Waals surface area contributed by atoms with Crippen LogP contribution in [-0.4, -0.2) is 21.7 Å². The third-order valence-corrected chi connectivity index (χ3v) is 3.08. The first-order valence-corrected chi connectivity index (χ1v) is 5.59. The summed E-state index contributed by atoms with van der Waals surface area (Å²) in [5.41, 5.74) is -0.338. The minimum atomic E-state index is -0.714. The van der Waals surface area contributed by atoms with Gasteiger partial charge in [-0.25, -0.2) is 0 Å². The van der Waals surface area contributed by atoms with E-state index < -0.39 is 10.5 Å². The molecule has 1 saturated carbocycles. The van der Waals surface area contributed by atoms with E-state index in [4.69, 9.17) is 5.26 Å². The van der Waals surface area contributed by atoms with Crippen LogP contribution in [0.2, 0.25) is 0 Å². The maximum absolute atomic E-state index is 10.9. The molecule has 94 valence electrons. The molecule has 0 unspecified atom stereocenters. The number of nitriles is 1. The topological polar surface area (TPSA) is 99.2 Å². The van der Waals surface area contributed by atoms with Gasteiger partial charge in [-0.15, -0.1) is 0 Å². The maximum atomic E-state index is 10.9. The number of anilines is 1. The molecular formula is C12H13N3O3. The van der Waals surface area contributed by atoms with E-state index in [2.05, 4.69) is 5.32 Å². The fourth-order valence-electron chi connectivity index (χ4n) is 2.25. The summed E-state index contributed by atoms with van der Waals surface area (Å²) >= 11 is 0. The molecule has 0 saturated heterocycles. The molecule has 0 aromatic heterocycles. The highest BCUT2D eigenvalue weighted by molar-refractivity contribution is 5.70. The number of nitro groups is 1. The molecular weight excluding hydrogens is 234 g/mol. The maximum Gasteiger partial charge on any atom is 0.293 e. The molecule has 0 bridgehead atoms. The molecule has 1 aliphatic carbocycles. The summed E-state index contributed by atoms with van der Waals surface area (Å²) in [6, 6.07) is 6.28. The predicted octanol–water partition coefficient (Wildman–Crippen LogP) is 1.79. The summed E-state index contributed by atoms with van der Waals surface area (Å²) in [6.45, 7) is 1.72. The smallest absolute Gasteiger partial charge is 0.293 e. The Morgan fingerprint density at radius 1 is 1.61 bits per heavy atom. The Balaban J connectivity index is 2.26. The van der Waals surface area contributed by atoms with Crippen LogP contribution in [0.5, 0.6) is 0 Å². The first-order valence-electron chi connectivity index (χ1n) is 5.59. The van der Waals surface area contributed by atoms with Crippen LogP contribution in [-0.2, 0) is 0 Å². The van der Waals surface area contributed by atoms with Crippen LogP contribution in [0.15, 0.2) is 18.2 Å². The first-order chi connectivity index (χ1) is 8.43. The lowest BCUT2D eigenvalue weighted by atomic mass is 9.77. The van der Waals surface area contributed by atoms with Crippen molar-refractivity contribution in [3.63, 3.8) is 0 Å². The zero-order chi connectivity index (χ0) is 13.3. The normalized spacial score (nSPS) is 25.9. The summed E-state index contributed by atoms with van der Waals surface area (Å²) < 4.78 is 0. The Hall–Kier alpha value is -2.13. The minimum Gasteiger partial charge on any atom is -0.390 e. The zero-order valence-corrected chi connectivity index (χ0v) is 9.88. The van der Waals surface area contributed by atoms with E-state index in [-0.39, 0.29) is 23.0 Å². The molecule has 0 heterocycles. The monoisotopic (exact) mass is 247 g/mol. The van der Waals surface area contributed by atoms with Gasteiger partial charge in [0, 0.05) is 12.1 Å². The van der Waals surface area contributed by atoms with Crippen LogP contribution in [0.1, 0.15) is 25.3 Å². The minimum absolute atomic E-state index is 0.0341. The molecule has 2 N–H and O–H groups in total. The average molecular weight is 247 g/mol. The molecule has 1 aromatic carbocycles. The number of rotatable bonds is 3. The van der Waals surface area contributed by atoms with Crippen molar-refractivity contribution in [1.29, 1.82) is 5.26 Å². The van der Waals surface area contributed by atoms with Crippen LogP contribution in [0.25, 0.3) is 0 Å². The Labute approximate surface area is 104 Å². The van der Waals surface area contributed by atoms with Crippen LogP contribution in [0.4, 0.5) is 11.4 Å². The molecule has 18 heavy (non-hydrogen) atoms. The third kappa shape index (κ3) is 2.26. The second-order valence-electron chi connectivity index (χ2n) is 4.82. The summed E-state index contributed by atoms with van der Waals surface area (Å²) in [7, 11) is 0. The Morgan fingerprint density at radius 3 is 2.78 bits per heavy atom. The number of nitrogens with zero attached hydrogens (tertiary/aromatic N) is 2. The van der Waals surface area contributed by atoms with Crippen LogP contribution in [0, 0.1) is 21.4 Å². The molecule has 6 nitrogen and oxygen atoms in total. The number of hydrogen-bond acceptors (Lipinski definition) is 5. The summed E-state index contributed by atoms with van der Waals surface area (Å²) in [6.07, 6.45) is 1.04. The number of benzene rings is 1. The second-order valence-corrected chi connectivity index (χ2v) is 4.82. The van der Waals surface area contributed by atoms with Gasteiger partial charge in [0.05, 0.1) is 16.1 Å². The highest BCUT2D eigenvalue weighted by Gasteiger charge is 2.39. The second kappa shape index (κ2) is 4.27. The van der Waals surface area contributed by atoms with Crippen molar-refractivity contribution in [2.45, 2.75) is 31.4 Å². The van der Waals surface area contributed by atoms with Crippen LogP contribution in [0.3, 0.4) is 0 Å². The number of aliphatic hydroxyl groups is 1. The molecule has 0 atom stereocenters. The van der Waals surface area contributed by atoms with Crippen molar-refractivity contribution in [3.05, 3.63) is 33.9 Å². The van der Waals surface area contributed by atoms with E-state index in [0.29, 0.717) is 12.8 Å². The van der Waals surface area contributed by atoms with E-state index in [9.17, 15) is 15.2 Å². The Bertz CT molecular complexity index is 526. The zero-order valence-electron chi connectivity index (χ0n) is 9.88. The van der Waals surface area contributed by atoms with E-state index in [1.807, 2.05) is 6.07 Å². The van der Waals surface area contributed by atoms with Crippen molar-refractivity contribution < 1.29 is 10.0 Å². The van der Waals surface area contributed by atoms with Gasteiger partial charge in [0.15, 0.2) is 0 Å². The standard InChI is InChI=1S/C12H13N3O3/c1-12(16)5-9(6-12)14-11-8(7-13)3-2-4-10(11)15(17)18/h2-4,9,14,16H,5-6H2,1H3/t9-,12+. The van der Waals surface area contributed by atoms with Gasteiger partial charge in [0.1, 0.15) is 11.8 Å². The fourth-order valence-corrected chi connectivity index (χ4v) is 2.25. The SMILES string of the molecule is C[C@]1(O)C[C@@H](Nc2c(C#N)cccc2[N+](=O)[O-])C1. The molecule has 0 amide bonds. The van der Waals surface area contributed by atoms with Gasteiger partial charge in [-0.1, -0.05) is 6.07 Å². The Kier molecular flexibility index (Phi) is 2.93. The summed E-state index contributed by atoms with van der Waals surface area (Å²) in [5, 5.41) is 32.5. The van der Waals surface area contributed by atoms with Crippen molar-refractivity contribution in [3.8, 4) is 6.07 Å². The lowest BCUT2D eigenvalue weighted by Gasteiger charge is -2.41. The van der Waals surface area contributed by atoms with Crippen molar-refractivity contribution in [2.75, 3.05) is 5.32 Å². The number of nitrogens with one attached hydrogen (secondary N) is 1. The van der Waals surface area contributed by atoms with Gasteiger partial charge in [-0.05, 0) is 25.8 Å². The predicted molar refractivity (Wildman–Crippen MR) is 65.1 cm³/mol. The van der Waals surface area contributed by atoms with Gasteiger partial charge in [-0.2, -0.15) is 5.26 Å². The lowest BCUT2D eigenvalue weighted by Crippen LogP contribution is -2.48. The fraction of sp³-hybridized carbons (Fsp3) is 0.417. The molecule has 0 aliphatic heterocycles. The number of hydrogen-bond donors (Lipinski definition) is 2. The quantitative estimate of drug-likeness (QED) is 0.626. The highest BCUT2D eigenvalue weighted by atomic mass is 16.6. The van der Waals surface area contributed by atoms with E-state index in [1.165, 1.54) is 18.2 Å². The first kappa shape index (κ1) is 12.3. The molecule has 1 fully saturated rings. The average Bonchev–Trinajstić information content (AvgIpc) is 2.26. The molecule has 2 rings (SSSR count). The lowest BCUT2D eigenvalue weighted by molar-refractivity contribution is -0.384. The van der Waals surface area contributed by atoms with Crippen molar-refractivity contribution in [1.82, 2.24) is 0 Å². The van der Waals surface area contributed by atoms with Gasteiger partial charge in [0.2, 0.25) is 0 Å². The molecule has 1 aromatic rings. The van der Waals surface area contributed by atoms with Crippen LogP contribution >= 0.6 is 0 Å². The van der Waals surface area contributed by atoms with Crippen molar-refractivity contribution in [2.24, 2.45) is 0 Å². The third-order valence-electron chi connectivity index (χ3n) is 3.08. The summed E-state index contributed by atoms with van der Waals surface area (Å²) in [5.74, 6) is 0. The van der Waals surface area contributed by atoms with Gasteiger partial charge >= 0.3 is 0 Å². The number of nitro benzene ring substituents is 1. The molecule has 0 radical (unpaired) electrons. The van der Waals surface area contributed by atoms with E-state index in [1.54, 1.807) is 6.92 Å². The largest absolute Gasteiger partial charge is 0.390 e. The van der Waals surface area contributed by atoms with Gasteiger partial charge in [-0.3, -0.25) is 10.1 Å². The Morgan fingerprint density at radius 2 is 2.28 bits per heavy atom. The summed E-state index contributed by atoms with van der Waals surface area (Å²) in [4.78, 5) is 10.4. The highest BCUT2D eigenvalue weighted by Crippen LogP contribution is 2.37. The molecule has 0 spiro atoms. The van der Waals surface area contributed by atoms with Crippen molar-refractivity contribution >= 4 is 11.4 Å². The van der Waals surface area contributed by atoms with Gasteiger partial charge in [0.25, 0.3) is 5.69 Å².